The van der Waals surface area contributed by atoms with Crippen molar-refractivity contribution in [2.45, 2.75) is 31.7 Å². The van der Waals surface area contributed by atoms with Crippen LogP contribution in [0.3, 0.4) is 0 Å². The van der Waals surface area contributed by atoms with E-state index in [0.717, 1.165) is 52.1 Å². The maximum Gasteiger partial charge on any atom is 0.235 e. The van der Waals surface area contributed by atoms with Gasteiger partial charge in [0.05, 0.1) is 5.41 Å². The van der Waals surface area contributed by atoms with Crippen molar-refractivity contribution in [1.29, 1.82) is 0 Å². The second-order valence-electron chi connectivity index (χ2n) is 8.04. The van der Waals surface area contributed by atoms with Gasteiger partial charge in [-0.25, -0.2) is 0 Å². The van der Waals surface area contributed by atoms with Gasteiger partial charge in [-0.3, -0.25) is 4.79 Å². The van der Waals surface area contributed by atoms with Crippen molar-refractivity contribution in [2.24, 2.45) is 5.73 Å². The monoisotopic (exact) mass is 402 g/mol. The molecule has 0 saturated heterocycles. The third-order valence-electron chi connectivity index (χ3n) is 6.07. The Bertz CT molecular complexity index is 1140. The van der Waals surface area contributed by atoms with Crippen LogP contribution in [0, 0.1) is 6.92 Å². The summed E-state index contributed by atoms with van der Waals surface area (Å²) in [7, 11) is 0. The number of benzene rings is 3. The number of nitrogens with one attached hydrogen (secondary N) is 1. The first-order valence-electron chi connectivity index (χ1n) is 10.2. The number of hydrogen-bond donors (Lipinski definition) is 2. The molecule has 1 amide bonds. The van der Waals surface area contributed by atoms with Crippen molar-refractivity contribution < 1.29 is 15.7 Å². The third-order valence-corrected chi connectivity index (χ3v) is 6.07. The maximum absolute atomic E-state index is 13.1. The van der Waals surface area contributed by atoms with E-state index < -0.39 is 5.41 Å². The number of anilines is 1. The predicted molar refractivity (Wildman–Crippen MR) is 119 cm³/mol. The zero-order valence-electron chi connectivity index (χ0n) is 16.9. The van der Waals surface area contributed by atoms with Crippen molar-refractivity contribution in [3.8, 4) is 22.6 Å². The summed E-state index contributed by atoms with van der Waals surface area (Å²) in [5, 5.41) is 3.12. The summed E-state index contributed by atoms with van der Waals surface area (Å²) in [6.45, 7) is 2.81. The molecule has 1 aliphatic heterocycles. The number of ether oxygens (including phenoxy) is 2. The number of nitrogens with two attached hydrogens (primary N) is 1. The highest BCUT2D eigenvalue weighted by molar-refractivity contribution is 6.01. The molecule has 1 aliphatic carbocycles. The lowest BCUT2D eigenvalue weighted by Crippen LogP contribution is -2.27. The highest BCUT2D eigenvalue weighted by Gasteiger charge is 2.51. The molecule has 0 aromatic heterocycles. The minimum Gasteiger partial charge on any atom is -0.454 e. The van der Waals surface area contributed by atoms with Crippen LogP contribution in [0.1, 0.15) is 31.0 Å². The lowest BCUT2D eigenvalue weighted by atomic mass is 9.94. The molecule has 1 fully saturated rings. The average Bonchev–Trinajstić information content (AvgIpc) is 3.45. The SMILES string of the molecule is Cc1cc(NC(=O)C2(c3ccc4c(c3)OCO4)CC2)ccc1-c1cccc(CN)c1.[HH]. The van der Waals surface area contributed by atoms with Crippen LogP contribution >= 0.6 is 0 Å². The Kier molecular flexibility index (Phi) is 4.48. The Labute approximate surface area is 177 Å². The van der Waals surface area contributed by atoms with E-state index in [9.17, 15) is 4.79 Å². The van der Waals surface area contributed by atoms with E-state index in [1.165, 1.54) is 0 Å². The van der Waals surface area contributed by atoms with Gasteiger partial charge < -0.3 is 20.5 Å². The molecule has 0 unspecified atom stereocenters. The molecule has 5 nitrogen and oxygen atoms in total. The lowest BCUT2D eigenvalue weighted by Gasteiger charge is -2.17. The molecule has 3 aromatic carbocycles. The molecule has 3 aromatic rings. The molecule has 1 heterocycles. The average molecular weight is 402 g/mol. The van der Waals surface area contributed by atoms with Crippen LogP contribution in [0.4, 0.5) is 5.69 Å². The zero-order valence-corrected chi connectivity index (χ0v) is 16.9. The third kappa shape index (κ3) is 3.21. The number of carbonyl (C=O) groups excluding carboxylic acids is 1. The van der Waals surface area contributed by atoms with Crippen LogP contribution in [-0.2, 0) is 16.8 Å². The summed E-state index contributed by atoms with van der Waals surface area (Å²) in [4.78, 5) is 13.1. The number of aryl methyl sites for hydroxylation is 1. The predicted octanol–water partition coefficient (Wildman–Crippen LogP) is 4.77. The summed E-state index contributed by atoms with van der Waals surface area (Å²) >= 11 is 0. The van der Waals surface area contributed by atoms with E-state index in [2.05, 4.69) is 30.4 Å². The van der Waals surface area contributed by atoms with Crippen LogP contribution in [0.5, 0.6) is 11.5 Å². The maximum atomic E-state index is 13.1. The van der Waals surface area contributed by atoms with Crippen LogP contribution < -0.4 is 20.5 Å². The summed E-state index contributed by atoms with van der Waals surface area (Å²) in [5.41, 5.74) is 11.6. The molecule has 0 bridgehead atoms. The normalized spacial score (nSPS) is 15.7. The van der Waals surface area contributed by atoms with Gasteiger partial charge in [-0.2, -0.15) is 0 Å². The van der Waals surface area contributed by atoms with Gasteiger partial charge in [-0.1, -0.05) is 30.3 Å². The first kappa shape index (κ1) is 18.7. The fourth-order valence-electron chi connectivity index (χ4n) is 4.15. The van der Waals surface area contributed by atoms with E-state index in [4.69, 9.17) is 15.2 Å². The van der Waals surface area contributed by atoms with Crippen molar-refractivity contribution in [3.63, 3.8) is 0 Å². The van der Waals surface area contributed by atoms with Gasteiger partial charge in [-0.15, -0.1) is 0 Å². The van der Waals surface area contributed by atoms with Crippen molar-refractivity contribution in [3.05, 3.63) is 77.4 Å². The van der Waals surface area contributed by atoms with Gasteiger partial charge in [0.2, 0.25) is 12.7 Å². The second-order valence-corrected chi connectivity index (χ2v) is 8.04. The molecule has 154 valence electrons. The molecule has 0 atom stereocenters. The van der Waals surface area contributed by atoms with E-state index in [0.29, 0.717) is 12.3 Å². The number of fused-ring (bicyclic) bond motifs is 1. The molecule has 2 aliphatic rings. The molecule has 1 saturated carbocycles. The number of amides is 1. The Hall–Kier alpha value is -3.31. The van der Waals surface area contributed by atoms with Crippen LogP contribution in [-0.4, -0.2) is 12.7 Å². The fourth-order valence-corrected chi connectivity index (χ4v) is 4.15. The Balaban J connectivity index is 0.00000231. The largest absolute Gasteiger partial charge is 0.454 e. The number of hydrogen-bond acceptors (Lipinski definition) is 4. The Morgan fingerprint density at radius 3 is 2.67 bits per heavy atom. The summed E-state index contributed by atoms with van der Waals surface area (Å²) in [5.74, 6) is 1.48. The van der Waals surface area contributed by atoms with Crippen LogP contribution in [0.15, 0.2) is 60.7 Å². The van der Waals surface area contributed by atoms with Gasteiger partial charge in [0.1, 0.15) is 0 Å². The smallest absolute Gasteiger partial charge is 0.235 e. The van der Waals surface area contributed by atoms with Crippen molar-refractivity contribution >= 4 is 11.6 Å². The zero-order chi connectivity index (χ0) is 20.7. The van der Waals surface area contributed by atoms with E-state index >= 15 is 0 Å². The van der Waals surface area contributed by atoms with Gasteiger partial charge in [0, 0.05) is 13.7 Å². The van der Waals surface area contributed by atoms with E-state index in [1.807, 2.05) is 42.5 Å². The molecule has 0 spiro atoms. The molecular formula is C25H26N2O3. The highest BCUT2D eigenvalue weighted by Crippen LogP contribution is 2.51. The molecule has 30 heavy (non-hydrogen) atoms. The number of carbonyl (C=O) groups is 1. The topological polar surface area (TPSA) is 73.6 Å². The van der Waals surface area contributed by atoms with Gasteiger partial charge >= 0.3 is 0 Å². The minimum atomic E-state index is -0.483. The summed E-state index contributed by atoms with van der Waals surface area (Å²) < 4.78 is 10.9. The Morgan fingerprint density at radius 1 is 1.07 bits per heavy atom. The standard InChI is InChI=1S/C25H24N2O3.H2/c1-16-11-20(6-7-21(16)18-4-2-3-17(12-18)14-26)27-24(28)25(9-10-25)19-5-8-22-23(13-19)30-15-29-22;/h2-8,11-13H,9-10,14-15,26H2,1H3,(H,27,28);1H. The quantitative estimate of drug-likeness (QED) is 0.645. The second kappa shape index (κ2) is 7.18. The molecule has 3 N–H and O–H groups in total. The molecule has 5 rings (SSSR count). The highest BCUT2D eigenvalue weighted by atomic mass is 16.7. The fraction of sp³-hybridized carbons (Fsp3) is 0.240. The Morgan fingerprint density at radius 2 is 1.90 bits per heavy atom. The van der Waals surface area contributed by atoms with Crippen LogP contribution in [0.2, 0.25) is 0 Å². The van der Waals surface area contributed by atoms with Gasteiger partial charge in [-0.05, 0) is 77.9 Å². The van der Waals surface area contributed by atoms with Crippen LogP contribution in [0.25, 0.3) is 11.1 Å². The molecular weight excluding hydrogens is 376 g/mol. The lowest BCUT2D eigenvalue weighted by molar-refractivity contribution is -0.118. The molecule has 0 radical (unpaired) electrons. The minimum absolute atomic E-state index is 0. The summed E-state index contributed by atoms with van der Waals surface area (Å²) in [6.07, 6.45) is 1.67. The van der Waals surface area contributed by atoms with Crippen molar-refractivity contribution in [2.75, 3.05) is 12.1 Å². The van der Waals surface area contributed by atoms with Gasteiger partial charge in [0.15, 0.2) is 11.5 Å². The van der Waals surface area contributed by atoms with Crippen molar-refractivity contribution in [1.82, 2.24) is 0 Å². The molecule has 5 heteroatoms. The van der Waals surface area contributed by atoms with Gasteiger partial charge in [0.25, 0.3) is 0 Å². The summed E-state index contributed by atoms with van der Waals surface area (Å²) in [6, 6.07) is 20.1. The number of rotatable bonds is 5. The first-order valence-corrected chi connectivity index (χ1v) is 10.2. The van der Waals surface area contributed by atoms with E-state index in [1.54, 1.807) is 0 Å². The first-order chi connectivity index (χ1) is 14.6. The van der Waals surface area contributed by atoms with E-state index in [-0.39, 0.29) is 14.1 Å².